The monoisotopic (exact) mass is 104 g/mol. The Kier molecular flexibility index (Phi) is 1.28. The van der Waals surface area contributed by atoms with Gasteiger partial charge >= 0.3 is 0 Å². The first-order chi connectivity index (χ1) is 3.34. The minimum absolute atomic E-state index is 0.199. The predicted molar refractivity (Wildman–Crippen MR) is 24.7 cm³/mol. The van der Waals surface area contributed by atoms with Crippen molar-refractivity contribution in [2.24, 2.45) is 5.92 Å². The van der Waals surface area contributed by atoms with Crippen LogP contribution in [-0.2, 0) is 0 Å². The van der Waals surface area contributed by atoms with E-state index in [9.17, 15) is 4.39 Å². The molecular formula is C5H9FO. The van der Waals surface area contributed by atoms with Crippen LogP contribution in [0.1, 0.15) is 12.8 Å². The minimum atomic E-state index is -0.931. The molecule has 0 spiro atoms. The first-order valence-electron chi connectivity index (χ1n) is 2.59. The van der Waals surface area contributed by atoms with E-state index >= 15 is 0 Å². The molecule has 0 heterocycles. The highest BCUT2D eigenvalue weighted by Gasteiger charge is 2.30. The molecule has 0 aromatic carbocycles. The van der Waals surface area contributed by atoms with Gasteiger partial charge in [0, 0.05) is 0 Å². The van der Waals surface area contributed by atoms with E-state index in [1.807, 2.05) is 0 Å². The van der Waals surface area contributed by atoms with Crippen LogP contribution in [0.15, 0.2) is 0 Å². The number of hydrogen-bond acceptors (Lipinski definition) is 1. The molecule has 1 aliphatic carbocycles. The quantitative estimate of drug-likeness (QED) is 0.547. The molecule has 7 heavy (non-hydrogen) atoms. The van der Waals surface area contributed by atoms with Crippen molar-refractivity contribution in [2.75, 3.05) is 6.61 Å². The summed E-state index contributed by atoms with van der Waals surface area (Å²) in [6.45, 7) is -0.287. The Morgan fingerprint density at radius 2 is 2.29 bits per heavy atom. The average Bonchev–Trinajstić information content (AvgIpc) is 2.44. The molecule has 0 bridgehead atoms. The Labute approximate surface area is 42.2 Å². The van der Waals surface area contributed by atoms with Crippen molar-refractivity contribution in [3.8, 4) is 0 Å². The molecule has 0 aromatic heterocycles. The molecule has 0 saturated heterocycles. The summed E-state index contributed by atoms with van der Waals surface area (Å²) < 4.78 is 12.1. The third-order valence-electron chi connectivity index (χ3n) is 1.31. The molecule has 1 atom stereocenters. The van der Waals surface area contributed by atoms with Crippen molar-refractivity contribution in [1.82, 2.24) is 0 Å². The van der Waals surface area contributed by atoms with E-state index in [4.69, 9.17) is 5.11 Å². The molecule has 0 aliphatic heterocycles. The summed E-state index contributed by atoms with van der Waals surface area (Å²) in [4.78, 5) is 0. The maximum Gasteiger partial charge on any atom is 0.126 e. The molecule has 42 valence electrons. The van der Waals surface area contributed by atoms with Crippen LogP contribution in [0.4, 0.5) is 4.39 Å². The average molecular weight is 104 g/mol. The van der Waals surface area contributed by atoms with Crippen LogP contribution < -0.4 is 0 Å². The fourth-order valence-electron chi connectivity index (χ4n) is 0.607. The summed E-state index contributed by atoms with van der Waals surface area (Å²) >= 11 is 0. The maximum atomic E-state index is 12.1. The van der Waals surface area contributed by atoms with Gasteiger partial charge in [0.1, 0.15) is 6.17 Å². The van der Waals surface area contributed by atoms with Crippen molar-refractivity contribution in [3.05, 3.63) is 0 Å². The molecule has 0 amide bonds. The minimum Gasteiger partial charge on any atom is -0.393 e. The van der Waals surface area contributed by atoms with Gasteiger partial charge in [-0.1, -0.05) is 0 Å². The first-order valence-corrected chi connectivity index (χ1v) is 2.59. The fraction of sp³-hybridized carbons (Fsp3) is 1.00. The van der Waals surface area contributed by atoms with E-state index in [1.165, 1.54) is 0 Å². The normalized spacial score (nSPS) is 24.9. The Balaban J connectivity index is 2.10. The third-order valence-corrected chi connectivity index (χ3v) is 1.31. The molecule has 1 rings (SSSR count). The van der Waals surface area contributed by atoms with Gasteiger partial charge in [0.15, 0.2) is 0 Å². The zero-order chi connectivity index (χ0) is 5.28. The van der Waals surface area contributed by atoms with Crippen LogP contribution in [0.3, 0.4) is 0 Å². The zero-order valence-electron chi connectivity index (χ0n) is 4.10. The second-order valence-corrected chi connectivity index (χ2v) is 2.04. The lowest BCUT2D eigenvalue weighted by atomic mass is 10.3. The summed E-state index contributed by atoms with van der Waals surface area (Å²) in [5.74, 6) is 0.199. The number of halogens is 1. The number of rotatable bonds is 2. The molecule has 1 saturated carbocycles. The Bertz CT molecular complexity index is 61.1. The number of aliphatic hydroxyl groups is 1. The topological polar surface area (TPSA) is 20.2 Å². The van der Waals surface area contributed by atoms with E-state index in [0.29, 0.717) is 0 Å². The van der Waals surface area contributed by atoms with E-state index in [2.05, 4.69) is 0 Å². The van der Waals surface area contributed by atoms with Gasteiger partial charge in [-0.25, -0.2) is 4.39 Å². The number of aliphatic hydroxyl groups excluding tert-OH is 1. The summed E-state index contributed by atoms with van der Waals surface area (Å²) in [5, 5.41) is 8.17. The molecule has 2 heteroatoms. The maximum absolute atomic E-state index is 12.1. The van der Waals surface area contributed by atoms with E-state index in [1.54, 1.807) is 0 Å². The lowest BCUT2D eigenvalue weighted by Crippen LogP contribution is -2.07. The van der Waals surface area contributed by atoms with Gasteiger partial charge in [-0.3, -0.25) is 0 Å². The largest absolute Gasteiger partial charge is 0.393 e. The Hall–Kier alpha value is -0.110. The van der Waals surface area contributed by atoms with Gasteiger partial charge < -0.3 is 5.11 Å². The van der Waals surface area contributed by atoms with Crippen LogP contribution in [0.2, 0.25) is 0 Å². The summed E-state index contributed by atoms with van der Waals surface area (Å²) in [5.41, 5.74) is 0. The fourth-order valence-corrected chi connectivity index (χ4v) is 0.607. The second-order valence-electron chi connectivity index (χ2n) is 2.04. The van der Waals surface area contributed by atoms with Gasteiger partial charge in [-0.05, 0) is 18.8 Å². The first kappa shape index (κ1) is 5.04. The van der Waals surface area contributed by atoms with Crippen LogP contribution in [0.5, 0.6) is 0 Å². The van der Waals surface area contributed by atoms with Crippen LogP contribution in [0.25, 0.3) is 0 Å². The van der Waals surface area contributed by atoms with Crippen molar-refractivity contribution in [3.63, 3.8) is 0 Å². The van der Waals surface area contributed by atoms with Gasteiger partial charge in [0.05, 0.1) is 6.61 Å². The molecule has 0 aromatic rings. The van der Waals surface area contributed by atoms with Gasteiger partial charge in [-0.15, -0.1) is 0 Å². The van der Waals surface area contributed by atoms with Gasteiger partial charge in [-0.2, -0.15) is 0 Å². The Morgan fingerprint density at radius 1 is 1.71 bits per heavy atom. The lowest BCUT2D eigenvalue weighted by molar-refractivity contribution is 0.160. The number of alkyl halides is 1. The molecule has 0 unspecified atom stereocenters. The summed E-state index contributed by atoms with van der Waals surface area (Å²) in [6.07, 6.45) is 1.02. The van der Waals surface area contributed by atoms with Crippen LogP contribution in [-0.4, -0.2) is 17.9 Å². The molecule has 0 radical (unpaired) electrons. The molecule has 1 nitrogen and oxygen atoms in total. The molecular weight excluding hydrogens is 95.1 g/mol. The number of hydrogen-bond donors (Lipinski definition) is 1. The second kappa shape index (κ2) is 1.78. The van der Waals surface area contributed by atoms with Gasteiger partial charge in [0.2, 0.25) is 0 Å². The molecule has 1 aliphatic rings. The van der Waals surface area contributed by atoms with Gasteiger partial charge in [0.25, 0.3) is 0 Å². The highest BCUT2D eigenvalue weighted by molar-refractivity contribution is 4.80. The van der Waals surface area contributed by atoms with Crippen molar-refractivity contribution in [1.29, 1.82) is 0 Å². The summed E-state index contributed by atoms with van der Waals surface area (Å²) in [7, 11) is 0. The van der Waals surface area contributed by atoms with E-state index < -0.39 is 6.17 Å². The van der Waals surface area contributed by atoms with Crippen molar-refractivity contribution >= 4 is 0 Å². The van der Waals surface area contributed by atoms with Crippen LogP contribution >= 0.6 is 0 Å². The van der Waals surface area contributed by atoms with Crippen molar-refractivity contribution in [2.45, 2.75) is 19.0 Å². The highest BCUT2D eigenvalue weighted by atomic mass is 19.1. The smallest absolute Gasteiger partial charge is 0.126 e. The SMILES string of the molecule is OC[C@H](F)C1CC1. The van der Waals surface area contributed by atoms with E-state index in [-0.39, 0.29) is 12.5 Å². The highest BCUT2D eigenvalue weighted by Crippen LogP contribution is 2.33. The predicted octanol–water partition coefficient (Wildman–Crippen LogP) is 0.727. The standard InChI is InChI=1S/C5H9FO/c6-5(3-7)4-1-2-4/h4-5,7H,1-3H2/t5-/m0/s1. The van der Waals surface area contributed by atoms with Crippen molar-refractivity contribution < 1.29 is 9.50 Å². The Morgan fingerprint density at radius 3 is 2.43 bits per heavy atom. The third kappa shape index (κ3) is 1.13. The van der Waals surface area contributed by atoms with E-state index in [0.717, 1.165) is 12.8 Å². The van der Waals surface area contributed by atoms with Crippen LogP contribution in [0, 0.1) is 5.92 Å². The summed E-state index contributed by atoms with van der Waals surface area (Å²) in [6, 6.07) is 0. The zero-order valence-corrected chi connectivity index (χ0v) is 4.10. The lowest BCUT2D eigenvalue weighted by Gasteiger charge is -1.96. The molecule has 1 fully saturated rings. The molecule has 1 N–H and O–H groups in total.